The lowest BCUT2D eigenvalue weighted by Gasteiger charge is -2.13. The molecule has 0 fully saturated rings. The quantitative estimate of drug-likeness (QED) is 0.755. The molecule has 0 aromatic heterocycles. The maximum absolute atomic E-state index is 12.4. The van der Waals surface area contributed by atoms with Gasteiger partial charge < -0.3 is 9.47 Å². The highest BCUT2D eigenvalue weighted by Gasteiger charge is 2.18. The number of rotatable bonds is 7. The van der Waals surface area contributed by atoms with Crippen molar-refractivity contribution in [2.45, 2.75) is 18.4 Å². The van der Waals surface area contributed by atoms with Crippen LogP contribution in [0.5, 0.6) is 11.5 Å². The molecule has 0 saturated heterocycles. The summed E-state index contributed by atoms with van der Waals surface area (Å²) in [4.78, 5) is 11.3. The number of carbonyl (C=O) groups excluding carboxylic acids is 1. The topological polar surface area (TPSA) is 81.7 Å². The summed E-state index contributed by atoms with van der Waals surface area (Å²) >= 11 is 0. The third-order valence-electron chi connectivity index (χ3n) is 3.18. The third-order valence-corrected chi connectivity index (χ3v) is 4.56. The molecule has 2 rings (SSSR count). The van der Waals surface area contributed by atoms with Crippen molar-refractivity contribution < 1.29 is 31.5 Å². The van der Waals surface area contributed by atoms with E-state index in [9.17, 15) is 22.0 Å². The Labute approximate surface area is 143 Å². The van der Waals surface area contributed by atoms with E-state index in [-0.39, 0.29) is 33.4 Å². The number of halogens is 2. The van der Waals surface area contributed by atoms with Crippen LogP contribution in [0, 0.1) is 0 Å². The van der Waals surface area contributed by atoms with Crippen molar-refractivity contribution in [1.29, 1.82) is 0 Å². The molecule has 0 amide bonds. The number of anilines is 1. The molecule has 0 radical (unpaired) electrons. The molecule has 0 saturated carbocycles. The summed E-state index contributed by atoms with van der Waals surface area (Å²) in [6, 6.07) is 9.18. The van der Waals surface area contributed by atoms with E-state index in [2.05, 4.69) is 9.46 Å². The van der Waals surface area contributed by atoms with Gasteiger partial charge in [0.2, 0.25) is 0 Å². The fraction of sp³-hybridized carbons (Fsp3) is 0.188. The Morgan fingerprint density at radius 1 is 1.12 bits per heavy atom. The second-order valence-electron chi connectivity index (χ2n) is 4.93. The average Bonchev–Trinajstić information content (AvgIpc) is 2.54. The zero-order valence-corrected chi connectivity index (χ0v) is 14.1. The Morgan fingerprint density at radius 3 is 2.44 bits per heavy atom. The monoisotopic (exact) mass is 371 g/mol. The highest BCUT2D eigenvalue weighted by atomic mass is 32.2. The molecule has 0 heterocycles. The van der Waals surface area contributed by atoms with Crippen LogP contribution in [0.3, 0.4) is 0 Å². The summed E-state index contributed by atoms with van der Waals surface area (Å²) in [5, 5.41) is 0. The first-order valence-corrected chi connectivity index (χ1v) is 8.48. The number of ketones is 1. The second kappa shape index (κ2) is 7.47. The van der Waals surface area contributed by atoms with E-state index in [1.165, 1.54) is 50.4 Å². The van der Waals surface area contributed by atoms with Crippen molar-refractivity contribution in [3.05, 3.63) is 48.0 Å². The molecule has 0 atom stereocenters. The van der Waals surface area contributed by atoms with Crippen LogP contribution in [0.4, 0.5) is 14.5 Å². The number of sulfonamides is 1. The molecule has 25 heavy (non-hydrogen) atoms. The molecule has 0 unspecified atom stereocenters. The lowest BCUT2D eigenvalue weighted by atomic mass is 10.2. The molecule has 0 aliphatic carbocycles. The van der Waals surface area contributed by atoms with E-state index >= 15 is 0 Å². The Kier molecular flexibility index (Phi) is 5.58. The molecule has 134 valence electrons. The first-order chi connectivity index (χ1) is 11.7. The molecule has 1 N–H and O–H groups in total. The predicted octanol–water partition coefficient (Wildman–Crippen LogP) is 3.30. The van der Waals surface area contributed by atoms with Crippen molar-refractivity contribution in [3.8, 4) is 11.5 Å². The fourth-order valence-corrected chi connectivity index (χ4v) is 3.12. The van der Waals surface area contributed by atoms with Gasteiger partial charge in [-0.2, -0.15) is 8.78 Å². The number of carbonyl (C=O) groups is 1. The van der Waals surface area contributed by atoms with Crippen LogP contribution >= 0.6 is 0 Å². The zero-order chi connectivity index (χ0) is 18.6. The first-order valence-electron chi connectivity index (χ1n) is 6.99. The first kappa shape index (κ1) is 18.7. The molecule has 0 aliphatic heterocycles. The van der Waals surface area contributed by atoms with Crippen LogP contribution in [0.25, 0.3) is 0 Å². The van der Waals surface area contributed by atoms with Crippen molar-refractivity contribution in [3.63, 3.8) is 0 Å². The van der Waals surface area contributed by atoms with Crippen LogP contribution in [-0.4, -0.2) is 27.9 Å². The largest absolute Gasteiger partial charge is 0.493 e. The van der Waals surface area contributed by atoms with Gasteiger partial charge in [-0.05, 0) is 31.2 Å². The average molecular weight is 371 g/mol. The maximum Gasteiger partial charge on any atom is 0.387 e. The Balaban J connectivity index is 2.34. The Hall–Kier alpha value is -2.68. The summed E-state index contributed by atoms with van der Waals surface area (Å²) < 4.78 is 61.2. The molecule has 0 spiro atoms. The third kappa shape index (κ3) is 4.66. The van der Waals surface area contributed by atoms with Gasteiger partial charge >= 0.3 is 6.61 Å². The van der Waals surface area contributed by atoms with Crippen LogP contribution in [-0.2, 0) is 10.0 Å². The van der Waals surface area contributed by atoms with E-state index < -0.39 is 16.6 Å². The number of Topliss-reactive ketones (excluding diaryl/α,β-unsaturated/α-hetero) is 1. The van der Waals surface area contributed by atoms with E-state index in [0.717, 1.165) is 6.07 Å². The summed E-state index contributed by atoms with van der Waals surface area (Å²) in [7, 11) is -2.75. The number of ether oxygens (including phenoxy) is 2. The van der Waals surface area contributed by atoms with Gasteiger partial charge in [0.25, 0.3) is 10.0 Å². The van der Waals surface area contributed by atoms with Crippen LogP contribution < -0.4 is 14.2 Å². The lowest BCUT2D eigenvalue weighted by Crippen LogP contribution is -2.14. The minimum Gasteiger partial charge on any atom is -0.493 e. The van der Waals surface area contributed by atoms with Gasteiger partial charge in [0, 0.05) is 11.6 Å². The van der Waals surface area contributed by atoms with Crippen LogP contribution in [0.15, 0.2) is 47.4 Å². The number of nitrogens with one attached hydrogen (secondary N) is 1. The number of benzene rings is 2. The van der Waals surface area contributed by atoms with E-state index in [1.807, 2.05) is 0 Å². The van der Waals surface area contributed by atoms with Gasteiger partial charge in [0.1, 0.15) is 0 Å². The van der Waals surface area contributed by atoms with Gasteiger partial charge in [-0.25, -0.2) is 8.42 Å². The molecule has 0 bridgehead atoms. The van der Waals surface area contributed by atoms with E-state index in [1.54, 1.807) is 0 Å². The van der Waals surface area contributed by atoms with Crippen LogP contribution in [0.2, 0.25) is 0 Å². The summed E-state index contributed by atoms with van der Waals surface area (Å²) in [5.74, 6) is -0.564. The SMILES string of the molecule is COc1ccc(NS(=O)(=O)c2cccc(C(C)=O)c2)cc1OC(F)F. The molecular formula is C16H15F2NO5S. The molecule has 6 nitrogen and oxygen atoms in total. The molecular weight excluding hydrogens is 356 g/mol. The summed E-state index contributed by atoms with van der Waals surface area (Å²) in [5.41, 5.74) is 0.240. The van der Waals surface area contributed by atoms with E-state index in [4.69, 9.17) is 4.74 Å². The number of hydrogen-bond acceptors (Lipinski definition) is 5. The minimum absolute atomic E-state index is 0.00433. The van der Waals surface area contributed by atoms with Crippen molar-refractivity contribution >= 4 is 21.5 Å². The van der Waals surface area contributed by atoms with Crippen LogP contribution in [0.1, 0.15) is 17.3 Å². The maximum atomic E-state index is 12.4. The number of hydrogen-bond donors (Lipinski definition) is 1. The molecule has 2 aromatic carbocycles. The summed E-state index contributed by atoms with van der Waals surface area (Å²) in [6.07, 6.45) is 0. The van der Waals surface area contributed by atoms with Gasteiger partial charge in [-0.15, -0.1) is 0 Å². The highest BCUT2D eigenvalue weighted by Crippen LogP contribution is 2.32. The second-order valence-corrected chi connectivity index (χ2v) is 6.62. The molecule has 0 aliphatic rings. The lowest BCUT2D eigenvalue weighted by molar-refractivity contribution is -0.0511. The molecule has 9 heteroatoms. The van der Waals surface area contributed by atoms with Crippen molar-refractivity contribution in [2.24, 2.45) is 0 Å². The van der Waals surface area contributed by atoms with Gasteiger partial charge in [0.05, 0.1) is 17.7 Å². The highest BCUT2D eigenvalue weighted by molar-refractivity contribution is 7.92. The standard InChI is InChI=1S/C16H15F2NO5S/c1-10(20)11-4-3-5-13(8-11)25(21,22)19-12-6-7-14(23-2)15(9-12)24-16(17)18/h3-9,16,19H,1-2H3. The van der Waals surface area contributed by atoms with Gasteiger partial charge in [-0.1, -0.05) is 12.1 Å². The molecule has 2 aromatic rings. The Bertz CT molecular complexity index is 884. The van der Waals surface area contributed by atoms with Crippen molar-refractivity contribution in [1.82, 2.24) is 0 Å². The van der Waals surface area contributed by atoms with Crippen molar-refractivity contribution in [2.75, 3.05) is 11.8 Å². The smallest absolute Gasteiger partial charge is 0.387 e. The summed E-state index contributed by atoms with van der Waals surface area (Å²) in [6.45, 7) is -1.77. The number of alkyl halides is 2. The fourth-order valence-electron chi connectivity index (χ4n) is 2.02. The normalized spacial score (nSPS) is 11.2. The zero-order valence-electron chi connectivity index (χ0n) is 13.3. The van der Waals surface area contributed by atoms with Gasteiger partial charge in [-0.3, -0.25) is 9.52 Å². The minimum atomic E-state index is -4.02. The Morgan fingerprint density at radius 2 is 1.84 bits per heavy atom. The van der Waals surface area contributed by atoms with Gasteiger partial charge in [0.15, 0.2) is 17.3 Å². The van der Waals surface area contributed by atoms with E-state index in [0.29, 0.717) is 0 Å². The number of methoxy groups -OCH3 is 1. The predicted molar refractivity (Wildman–Crippen MR) is 86.9 cm³/mol.